The molecule has 0 amide bonds. The van der Waals surface area contributed by atoms with E-state index in [2.05, 4.69) is 13.8 Å². The van der Waals surface area contributed by atoms with Crippen LogP contribution in [0.15, 0.2) is 0 Å². The zero-order valence-electron chi connectivity index (χ0n) is 6.97. The average molecular weight is 143 g/mol. The molecule has 10 heavy (non-hydrogen) atoms. The molecule has 0 aliphatic rings. The van der Waals surface area contributed by atoms with Crippen LogP contribution in [-0.4, -0.2) is 11.7 Å². The maximum Gasteiger partial charge on any atom is 0.0456 e. The van der Waals surface area contributed by atoms with Gasteiger partial charge < -0.3 is 5.11 Å². The van der Waals surface area contributed by atoms with Crippen LogP contribution in [0.2, 0.25) is 0 Å². The summed E-state index contributed by atoms with van der Waals surface area (Å²) in [4.78, 5) is 0. The first-order valence-electron chi connectivity index (χ1n) is 4.21. The summed E-state index contributed by atoms with van der Waals surface area (Å²) in [5, 5.41) is 8.68. The van der Waals surface area contributed by atoms with Crippen LogP contribution in [-0.2, 0) is 0 Å². The molecule has 0 aliphatic heterocycles. The summed E-state index contributed by atoms with van der Waals surface area (Å²) >= 11 is 0. The molecule has 0 rings (SSSR count). The van der Waals surface area contributed by atoms with E-state index in [1.165, 1.54) is 19.3 Å². The zero-order chi connectivity index (χ0) is 7.82. The molecule has 1 N–H and O–H groups in total. The average Bonchev–Trinajstić information content (AvgIpc) is 1.98. The second kappa shape index (κ2) is 7.07. The normalized spacial score (nSPS) is 13.5. The fourth-order valence-corrected chi connectivity index (χ4v) is 0.938. The van der Waals surface area contributed by atoms with Gasteiger partial charge in [0.15, 0.2) is 0 Å². The minimum absolute atomic E-state index is 0.338. The van der Waals surface area contributed by atoms with E-state index in [0.717, 1.165) is 12.8 Å². The molecule has 1 nitrogen and oxygen atoms in total. The maximum atomic E-state index is 8.68. The van der Waals surface area contributed by atoms with E-state index in [4.69, 9.17) is 5.11 Å². The molecule has 1 atom stereocenters. The molecule has 0 aromatic carbocycles. The predicted molar refractivity (Wildman–Crippen MR) is 44.7 cm³/mol. The first-order valence-corrected chi connectivity index (χ1v) is 4.21. The van der Waals surface area contributed by atoms with Gasteiger partial charge in [-0.15, -0.1) is 0 Å². The fraction of sp³-hybridized carbons (Fsp3) is 0.889. The highest BCUT2D eigenvalue weighted by Gasteiger charge is 1.97. The summed E-state index contributed by atoms with van der Waals surface area (Å²) < 4.78 is 0. The molecule has 1 radical (unpaired) electrons. The van der Waals surface area contributed by atoms with Gasteiger partial charge >= 0.3 is 0 Å². The minimum Gasteiger partial charge on any atom is -0.396 e. The standard InChI is InChI=1S/C9H19O/c1-3-4-5-6-7-9(2)8-10/h9-10H,1,3-8H2,2H3. The van der Waals surface area contributed by atoms with E-state index in [0.29, 0.717) is 12.5 Å². The highest BCUT2D eigenvalue weighted by atomic mass is 16.3. The van der Waals surface area contributed by atoms with Crippen molar-refractivity contribution in [3.8, 4) is 0 Å². The summed E-state index contributed by atoms with van der Waals surface area (Å²) in [5.41, 5.74) is 0. The molecule has 0 fully saturated rings. The fourth-order valence-electron chi connectivity index (χ4n) is 0.938. The largest absolute Gasteiger partial charge is 0.396 e. The molecule has 0 saturated heterocycles. The van der Waals surface area contributed by atoms with Crippen LogP contribution in [0, 0.1) is 12.8 Å². The van der Waals surface area contributed by atoms with Crippen molar-refractivity contribution in [2.24, 2.45) is 5.92 Å². The van der Waals surface area contributed by atoms with Crippen LogP contribution < -0.4 is 0 Å². The molecule has 0 saturated carbocycles. The monoisotopic (exact) mass is 143 g/mol. The molecule has 0 aliphatic carbocycles. The van der Waals surface area contributed by atoms with Crippen molar-refractivity contribution in [2.45, 2.75) is 39.0 Å². The van der Waals surface area contributed by atoms with E-state index in [9.17, 15) is 0 Å². The Kier molecular flexibility index (Phi) is 7.04. The number of aliphatic hydroxyl groups is 1. The van der Waals surface area contributed by atoms with Gasteiger partial charge in [0.2, 0.25) is 0 Å². The Hall–Kier alpha value is -0.0400. The SMILES string of the molecule is [CH2]CCCCCC(C)CO. The molecular formula is C9H19O. The maximum absolute atomic E-state index is 8.68. The van der Waals surface area contributed by atoms with Crippen LogP contribution in [0.5, 0.6) is 0 Å². The third kappa shape index (κ3) is 6.09. The molecule has 1 heteroatoms. The van der Waals surface area contributed by atoms with Crippen LogP contribution in [0.1, 0.15) is 39.0 Å². The molecule has 0 bridgehead atoms. The van der Waals surface area contributed by atoms with Gasteiger partial charge in [-0.1, -0.05) is 39.5 Å². The molecule has 0 spiro atoms. The number of aliphatic hydroxyl groups excluding tert-OH is 1. The first kappa shape index (κ1) is 9.96. The number of hydrogen-bond acceptors (Lipinski definition) is 1. The second-order valence-corrected chi connectivity index (χ2v) is 2.99. The van der Waals surface area contributed by atoms with Gasteiger partial charge in [-0.3, -0.25) is 0 Å². The van der Waals surface area contributed by atoms with Crippen molar-refractivity contribution in [3.63, 3.8) is 0 Å². The Morgan fingerprint density at radius 2 is 2.00 bits per heavy atom. The van der Waals surface area contributed by atoms with Crippen molar-refractivity contribution in [1.82, 2.24) is 0 Å². The van der Waals surface area contributed by atoms with Gasteiger partial charge in [0.1, 0.15) is 0 Å². The van der Waals surface area contributed by atoms with Crippen LogP contribution in [0.3, 0.4) is 0 Å². The van der Waals surface area contributed by atoms with E-state index >= 15 is 0 Å². The Morgan fingerprint density at radius 3 is 2.50 bits per heavy atom. The number of unbranched alkanes of at least 4 members (excludes halogenated alkanes) is 3. The topological polar surface area (TPSA) is 20.2 Å². The summed E-state index contributed by atoms with van der Waals surface area (Å²) in [6.07, 6.45) is 5.97. The number of hydrogen-bond donors (Lipinski definition) is 1. The van der Waals surface area contributed by atoms with Crippen LogP contribution >= 0.6 is 0 Å². The number of rotatable bonds is 6. The van der Waals surface area contributed by atoms with Crippen molar-refractivity contribution in [1.29, 1.82) is 0 Å². The molecular weight excluding hydrogens is 124 g/mol. The van der Waals surface area contributed by atoms with Gasteiger partial charge in [-0.25, -0.2) is 0 Å². The lowest BCUT2D eigenvalue weighted by molar-refractivity contribution is 0.227. The Balaban J connectivity index is 2.89. The smallest absolute Gasteiger partial charge is 0.0456 e. The van der Waals surface area contributed by atoms with E-state index in [1.54, 1.807) is 0 Å². The third-order valence-electron chi connectivity index (χ3n) is 1.76. The molecule has 1 unspecified atom stereocenters. The lowest BCUT2D eigenvalue weighted by Gasteiger charge is -2.05. The highest BCUT2D eigenvalue weighted by molar-refractivity contribution is 4.51. The van der Waals surface area contributed by atoms with Crippen molar-refractivity contribution < 1.29 is 5.11 Å². The third-order valence-corrected chi connectivity index (χ3v) is 1.76. The minimum atomic E-state index is 0.338. The highest BCUT2D eigenvalue weighted by Crippen LogP contribution is 2.08. The van der Waals surface area contributed by atoms with Crippen molar-refractivity contribution in [3.05, 3.63) is 6.92 Å². The second-order valence-electron chi connectivity index (χ2n) is 2.99. The predicted octanol–water partition coefficient (Wildman–Crippen LogP) is 2.40. The van der Waals surface area contributed by atoms with Gasteiger partial charge in [0.05, 0.1) is 0 Å². The zero-order valence-corrected chi connectivity index (χ0v) is 6.97. The van der Waals surface area contributed by atoms with E-state index < -0.39 is 0 Å². The summed E-state index contributed by atoms with van der Waals surface area (Å²) in [5.74, 6) is 0.491. The van der Waals surface area contributed by atoms with Gasteiger partial charge in [-0.2, -0.15) is 0 Å². The van der Waals surface area contributed by atoms with E-state index in [-0.39, 0.29) is 0 Å². The summed E-state index contributed by atoms with van der Waals surface area (Å²) in [7, 11) is 0. The Labute approximate surface area is 64.5 Å². The summed E-state index contributed by atoms with van der Waals surface area (Å²) in [6, 6.07) is 0. The lowest BCUT2D eigenvalue weighted by atomic mass is 10.0. The van der Waals surface area contributed by atoms with Gasteiger partial charge in [-0.05, 0) is 12.3 Å². The van der Waals surface area contributed by atoms with Crippen LogP contribution in [0.4, 0.5) is 0 Å². The Morgan fingerprint density at radius 1 is 1.30 bits per heavy atom. The van der Waals surface area contributed by atoms with E-state index in [1.807, 2.05) is 0 Å². The quantitative estimate of drug-likeness (QED) is 0.566. The molecule has 0 heterocycles. The Bertz CT molecular complexity index is 61.7. The van der Waals surface area contributed by atoms with Crippen molar-refractivity contribution in [2.75, 3.05) is 6.61 Å². The molecule has 61 valence electrons. The molecule has 0 aromatic heterocycles. The first-order chi connectivity index (χ1) is 4.81. The van der Waals surface area contributed by atoms with Gasteiger partial charge in [0, 0.05) is 6.61 Å². The summed E-state index contributed by atoms with van der Waals surface area (Å²) in [6.45, 7) is 6.20. The molecule has 0 aromatic rings. The lowest BCUT2D eigenvalue weighted by Crippen LogP contribution is -1.99. The van der Waals surface area contributed by atoms with Crippen molar-refractivity contribution >= 4 is 0 Å². The van der Waals surface area contributed by atoms with Gasteiger partial charge in [0.25, 0.3) is 0 Å². The van der Waals surface area contributed by atoms with Crippen LogP contribution in [0.25, 0.3) is 0 Å².